The zero-order chi connectivity index (χ0) is 21.1. The Labute approximate surface area is 175 Å². The third-order valence-corrected chi connectivity index (χ3v) is 5.40. The van der Waals surface area contributed by atoms with Crippen LogP contribution in [-0.2, 0) is 9.59 Å². The van der Waals surface area contributed by atoms with E-state index >= 15 is 0 Å². The summed E-state index contributed by atoms with van der Waals surface area (Å²) in [6.45, 7) is 2.44. The summed E-state index contributed by atoms with van der Waals surface area (Å²) in [5.74, 6) is 0.286. The van der Waals surface area contributed by atoms with Crippen molar-refractivity contribution in [3.63, 3.8) is 0 Å². The molecule has 0 fully saturated rings. The Balaban J connectivity index is 1.51. The highest BCUT2D eigenvalue weighted by Gasteiger charge is 2.31. The van der Waals surface area contributed by atoms with Crippen LogP contribution in [-0.4, -0.2) is 38.1 Å². The van der Waals surface area contributed by atoms with Crippen molar-refractivity contribution in [2.24, 2.45) is 0 Å². The summed E-state index contributed by atoms with van der Waals surface area (Å²) in [7, 11) is 1.58. The number of hydrogen-bond donors (Lipinski definition) is 2. The molecule has 2 N–H and O–H groups in total. The molecular formula is C24H25N3O3. The summed E-state index contributed by atoms with van der Waals surface area (Å²) in [6, 6.07) is 21.6. The van der Waals surface area contributed by atoms with Crippen molar-refractivity contribution >= 4 is 28.3 Å². The van der Waals surface area contributed by atoms with Crippen LogP contribution in [0.1, 0.15) is 18.5 Å². The maximum absolute atomic E-state index is 12.9. The van der Waals surface area contributed by atoms with E-state index in [0.29, 0.717) is 12.3 Å². The van der Waals surface area contributed by atoms with Crippen molar-refractivity contribution < 1.29 is 14.3 Å². The lowest BCUT2D eigenvalue weighted by molar-refractivity contribution is -0.127. The molecule has 1 aliphatic rings. The Bertz CT molecular complexity index is 1080. The third-order valence-electron chi connectivity index (χ3n) is 5.40. The predicted octanol–water partition coefficient (Wildman–Crippen LogP) is 3.03. The Hall–Kier alpha value is -3.54. The van der Waals surface area contributed by atoms with Crippen LogP contribution in [0.4, 0.5) is 5.69 Å². The largest absolute Gasteiger partial charge is 0.477 e. The summed E-state index contributed by atoms with van der Waals surface area (Å²) < 4.78 is 5.81. The molecule has 30 heavy (non-hydrogen) atoms. The van der Waals surface area contributed by atoms with Crippen LogP contribution < -0.4 is 20.3 Å². The number of carbonyl (C=O) groups is 2. The van der Waals surface area contributed by atoms with E-state index in [1.54, 1.807) is 7.05 Å². The lowest BCUT2D eigenvalue weighted by Gasteiger charge is -2.35. The second kappa shape index (κ2) is 8.45. The molecule has 0 bridgehead atoms. The molecule has 3 aromatic carbocycles. The molecule has 0 saturated carbocycles. The van der Waals surface area contributed by atoms with E-state index in [1.165, 1.54) is 0 Å². The van der Waals surface area contributed by atoms with Gasteiger partial charge in [-0.2, -0.15) is 0 Å². The van der Waals surface area contributed by atoms with Crippen molar-refractivity contribution in [1.29, 1.82) is 0 Å². The SMILES string of the molecule is CNC(=O)[C@H]1CN(CC(=O)N[C@@H](C)c2cccc3ccccc23)c2ccccc2O1. The molecule has 4 rings (SSSR count). The van der Waals surface area contributed by atoms with Gasteiger partial charge in [0.15, 0.2) is 6.10 Å². The molecule has 2 atom stereocenters. The molecule has 1 aliphatic heterocycles. The molecule has 0 unspecified atom stereocenters. The number of ether oxygens (including phenoxy) is 1. The number of nitrogens with one attached hydrogen (secondary N) is 2. The minimum absolute atomic E-state index is 0.109. The second-order valence-corrected chi connectivity index (χ2v) is 7.43. The molecule has 3 aromatic rings. The highest BCUT2D eigenvalue weighted by atomic mass is 16.5. The molecule has 0 spiro atoms. The molecule has 6 nitrogen and oxygen atoms in total. The summed E-state index contributed by atoms with van der Waals surface area (Å²) in [5.41, 5.74) is 1.89. The molecule has 6 heteroatoms. The van der Waals surface area contributed by atoms with Gasteiger partial charge in [0.05, 0.1) is 24.8 Å². The number of likely N-dealkylation sites (N-methyl/N-ethyl adjacent to an activating group) is 1. The van der Waals surface area contributed by atoms with Crippen LogP contribution in [0.3, 0.4) is 0 Å². The van der Waals surface area contributed by atoms with Gasteiger partial charge in [-0.05, 0) is 35.4 Å². The van der Waals surface area contributed by atoms with Crippen LogP contribution in [0.2, 0.25) is 0 Å². The van der Waals surface area contributed by atoms with Crippen molar-refractivity contribution in [2.75, 3.05) is 25.0 Å². The summed E-state index contributed by atoms with van der Waals surface area (Å²) >= 11 is 0. The number of rotatable bonds is 5. The molecule has 2 amide bonds. The normalized spacial score (nSPS) is 16.3. The number of benzene rings is 3. The Morgan fingerprint density at radius 3 is 2.63 bits per heavy atom. The Kier molecular flexibility index (Phi) is 5.57. The highest BCUT2D eigenvalue weighted by molar-refractivity contribution is 5.88. The first-order chi connectivity index (χ1) is 14.6. The van der Waals surface area contributed by atoms with Gasteiger partial charge >= 0.3 is 0 Å². The molecular weight excluding hydrogens is 378 g/mol. The van der Waals surface area contributed by atoms with Gasteiger partial charge in [-0.15, -0.1) is 0 Å². The van der Waals surface area contributed by atoms with Gasteiger partial charge in [0.1, 0.15) is 5.75 Å². The number of amides is 2. The lowest BCUT2D eigenvalue weighted by atomic mass is 10.00. The Morgan fingerprint density at radius 2 is 1.80 bits per heavy atom. The minimum Gasteiger partial charge on any atom is -0.477 e. The van der Waals surface area contributed by atoms with E-state index in [0.717, 1.165) is 22.0 Å². The zero-order valence-electron chi connectivity index (χ0n) is 17.1. The van der Waals surface area contributed by atoms with Gasteiger partial charge in [-0.3, -0.25) is 9.59 Å². The van der Waals surface area contributed by atoms with E-state index in [9.17, 15) is 9.59 Å². The summed E-state index contributed by atoms with van der Waals surface area (Å²) in [4.78, 5) is 26.9. The fourth-order valence-electron chi connectivity index (χ4n) is 3.92. The minimum atomic E-state index is -0.659. The van der Waals surface area contributed by atoms with Crippen LogP contribution in [0.5, 0.6) is 5.75 Å². The van der Waals surface area contributed by atoms with Gasteiger partial charge in [0, 0.05) is 7.05 Å². The van der Waals surface area contributed by atoms with Gasteiger partial charge in [-0.25, -0.2) is 0 Å². The van der Waals surface area contributed by atoms with E-state index < -0.39 is 6.10 Å². The fourth-order valence-corrected chi connectivity index (χ4v) is 3.92. The lowest BCUT2D eigenvalue weighted by Crippen LogP contribution is -2.50. The average Bonchev–Trinajstić information content (AvgIpc) is 2.77. The second-order valence-electron chi connectivity index (χ2n) is 7.43. The number of para-hydroxylation sites is 2. The van der Waals surface area contributed by atoms with Gasteiger partial charge < -0.3 is 20.3 Å². The van der Waals surface area contributed by atoms with Crippen LogP contribution in [0.25, 0.3) is 10.8 Å². The highest BCUT2D eigenvalue weighted by Crippen LogP contribution is 2.33. The molecule has 0 radical (unpaired) electrons. The molecule has 1 heterocycles. The van der Waals surface area contributed by atoms with Crippen LogP contribution in [0.15, 0.2) is 66.7 Å². The average molecular weight is 403 g/mol. The molecule has 0 aliphatic carbocycles. The number of carbonyl (C=O) groups excluding carboxylic acids is 2. The predicted molar refractivity (Wildman–Crippen MR) is 118 cm³/mol. The first kappa shape index (κ1) is 19.8. The number of anilines is 1. The van der Waals surface area contributed by atoms with E-state index in [1.807, 2.05) is 60.4 Å². The Morgan fingerprint density at radius 1 is 1.07 bits per heavy atom. The molecule has 154 valence electrons. The number of fused-ring (bicyclic) bond motifs is 2. The summed E-state index contributed by atoms with van der Waals surface area (Å²) in [6.07, 6.45) is -0.659. The summed E-state index contributed by atoms with van der Waals surface area (Å²) in [5, 5.41) is 8.00. The van der Waals surface area contributed by atoms with E-state index in [-0.39, 0.29) is 24.4 Å². The van der Waals surface area contributed by atoms with E-state index in [2.05, 4.69) is 28.8 Å². The first-order valence-corrected chi connectivity index (χ1v) is 10.1. The fraction of sp³-hybridized carbons (Fsp3) is 0.250. The van der Waals surface area contributed by atoms with Gasteiger partial charge in [-0.1, -0.05) is 54.6 Å². The maximum atomic E-state index is 12.9. The number of hydrogen-bond acceptors (Lipinski definition) is 4. The van der Waals surface area contributed by atoms with Crippen molar-refractivity contribution in [2.45, 2.75) is 19.1 Å². The quantitative estimate of drug-likeness (QED) is 0.687. The molecule has 0 aromatic heterocycles. The zero-order valence-corrected chi connectivity index (χ0v) is 17.1. The smallest absolute Gasteiger partial charge is 0.262 e. The van der Waals surface area contributed by atoms with Crippen molar-refractivity contribution in [3.8, 4) is 5.75 Å². The van der Waals surface area contributed by atoms with E-state index in [4.69, 9.17) is 4.74 Å². The van der Waals surface area contributed by atoms with Crippen LogP contribution >= 0.6 is 0 Å². The molecule has 0 saturated heterocycles. The topological polar surface area (TPSA) is 70.7 Å². The van der Waals surface area contributed by atoms with Crippen molar-refractivity contribution in [3.05, 3.63) is 72.3 Å². The van der Waals surface area contributed by atoms with Crippen LogP contribution in [0, 0.1) is 0 Å². The standard InChI is InChI=1S/C24H25N3O3/c1-16(18-11-7-9-17-8-3-4-10-19(17)18)26-23(28)15-27-14-22(24(29)25-2)30-21-13-6-5-12-20(21)27/h3-13,16,22H,14-15H2,1-2H3,(H,25,29)(H,26,28)/t16-,22+/m0/s1. The van der Waals surface area contributed by atoms with Gasteiger partial charge in [0.25, 0.3) is 5.91 Å². The third kappa shape index (κ3) is 3.94. The first-order valence-electron chi connectivity index (χ1n) is 10.1. The number of nitrogens with zero attached hydrogens (tertiary/aromatic N) is 1. The van der Waals surface area contributed by atoms with Crippen molar-refractivity contribution in [1.82, 2.24) is 10.6 Å². The maximum Gasteiger partial charge on any atom is 0.262 e. The van der Waals surface area contributed by atoms with Gasteiger partial charge in [0.2, 0.25) is 5.91 Å². The monoisotopic (exact) mass is 403 g/mol.